The van der Waals surface area contributed by atoms with E-state index in [1.165, 1.54) is 16.9 Å². The third-order valence-corrected chi connectivity index (χ3v) is 7.26. The Morgan fingerprint density at radius 2 is 1.67 bits per heavy atom. The maximum absolute atomic E-state index is 12.9. The molecule has 11 nitrogen and oxygen atoms in total. The van der Waals surface area contributed by atoms with E-state index in [1.807, 2.05) is 42.5 Å². The number of aromatic amines is 1. The third-order valence-electron chi connectivity index (χ3n) is 6.12. The number of azo groups is 1. The lowest BCUT2D eigenvalue weighted by atomic mass is 10.1. The van der Waals surface area contributed by atoms with Crippen LogP contribution in [0.15, 0.2) is 105 Å². The molecule has 0 amide bonds. The first-order valence-corrected chi connectivity index (χ1v) is 13.5. The van der Waals surface area contributed by atoms with Crippen LogP contribution < -0.4 is 5.56 Å². The van der Waals surface area contributed by atoms with Crippen LogP contribution in [0.4, 0.5) is 11.5 Å². The topological polar surface area (TPSA) is 151 Å². The van der Waals surface area contributed by atoms with E-state index in [2.05, 4.69) is 20.3 Å². The quantitative estimate of drug-likeness (QED) is 0.316. The smallest absolute Gasteiger partial charge is 0.259 e. The van der Waals surface area contributed by atoms with E-state index in [1.54, 1.807) is 40.9 Å². The fraction of sp³-hybridized carbons (Fsp3) is 0.0370. The summed E-state index contributed by atoms with van der Waals surface area (Å²) in [6.45, 7) is 0. The number of fused-ring (bicyclic) bond motifs is 3. The van der Waals surface area contributed by atoms with Crippen LogP contribution in [0.3, 0.4) is 0 Å². The molecule has 0 saturated carbocycles. The molecule has 0 spiro atoms. The Bertz CT molecular complexity index is 2140. The van der Waals surface area contributed by atoms with Crippen molar-refractivity contribution in [2.75, 3.05) is 6.26 Å². The van der Waals surface area contributed by atoms with Crippen molar-refractivity contribution in [3.8, 4) is 23.0 Å². The molecule has 1 N–H and O–H groups in total. The molecule has 3 aromatic heterocycles. The van der Waals surface area contributed by atoms with E-state index in [-0.39, 0.29) is 33.2 Å². The highest BCUT2D eigenvalue weighted by Crippen LogP contribution is 2.36. The Balaban J connectivity index is 1.61. The first kappa shape index (κ1) is 24.0. The van der Waals surface area contributed by atoms with Gasteiger partial charge in [-0.25, -0.2) is 17.6 Å². The van der Waals surface area contributed by atoms with E-state index in [9.17, 15) is 18.5 Å². The second-order valence-electron chi connectivity index (χ2n) is 8.64. The van der Waals surface area contributed by atoms with Gasteiger partial charge in [0.15, 0.2) is 27.0 Å². The van der Waals surface area contributed by atoms with Crippen LogP contribution in [0.25, 0.3) is 33.5 Å². The summed E-state index contributed by atoms with van der Waals surface area (Å²) in [6.07, 6.45) is 2.38. The van der Waals surface area contributed by atoms with Crippen LogP contribution in [0.2, 0.25) is 0 Å². The Morgan fingerprint density at radius 3 is 2.44 bits per heavy atom. The molecule has 0 bridgehead atoms. The molecule has 0 aliphatic heterocycles. The normalized spacial score (nSPS) is 11.9. The Kier molecular flexibility index (Phi) is 5.63. The predicted octanol–water partition coefficient (Wildman–Crippen LogP) is 4.72. The maximum atomic E-state index is 12.9. The molecule has 0 saturated heterocycles. The van der Waals surface area contributed by atoms with E-state index in [0.29, 0.717) is 22.2 Å². The van der Waals surface area contributed by atoms with E-state index >= 15 is 0 Å². The molecule has 39 heavy (non-hydrogen) atoms. The number of aromatic nitrogens is 5. The largest absolute Gasteiger partial charge is 0.304 e. The van der Waals surface area contributed by atoms with E-state index < -0.39 is 9.84 Å². The first-order valence-electron chi connectivity index (χ1n) is 11.7. The SMILES string of the molecule is CS(=O)(=O)c1ccccc1-n1ncc(C#N)c1/N=N/c1c(-c2ccccc2)nn2c1[nH]c(=O)c1ccccc12. The van der Waals surface area contributed by atoms with Gasteiger partial charge in [-0.05, 0) is 24.3 Å². The van der Waals surface area contributed by atoms with Crippen molar-refractivity contribution < 1.29 is 8.42 Å². The molecule has 0 aliphatic rings. The van der Waals surface area contributed by atoms with Crippen molar-refractivity contribution in [2.45, 2.75) is 4.90 Å². The van der Waals surface area contributed by atoms with Gasteiger partial charge in [-0.3, -0.25) is 4.79 Å². The summed E-state index contributed by atoms with van der Waals surface area (Å²) in [7, 11) is -3.62. The summed E-state index contributed by atoms with van der Waals surface area (Å²) in [4.78, 5) is 15.8. The van der Waals surface area contributed by atoms with Crippen LogP contribution in [0.1, 0.15) is 5.56 Å². The predicted molar refractivity (Wildman–Crippen MR) is 144 cm³/mol. The van der Waals surface area contributed by atoms with Crippen molar-refractivity contribution in [2.24, 2.45) is 10.2 Å². The van der Waals surface area contributed by atoms with Gasteiger partial charge in [-0.15, -0.1) is 10.2 Å². The van der Waals surface area contributed by atoms with Crippen molar-refractivity contribution in [3.05, 3.63) is 101 Å². The zero-order chi connectivity index (χ0) is 27.1. The number of nitriles is 1. The van der Waals surface area contributed by atoms with Crippen molar-refractivity contribution >= 4 is 37.9 Å². The lowest BCUT2D eigenvalue weighted by molar-refractivity contribution is 0.601. The van der Waals surface area contributed by atoms with Crippen LogP contribution in [0, 0.1) is 11.3 Å². The van der Waals surface area contributed by atoms with E-state index in [4.69, 9.17) is 5.10 Å². The van der Waals surface area contributed by atoms with Crippen LogP contribution in [-0.4, -0.2) is 39.1 Å². The summed E-state index contributed by atoms with van der Waals surface area (Å²) in [5, 5.41) is 28.0. The maximum Gasteiger partial charge on any atom is 0.259 e. The molecule has 0 radical (unpaired) electrons. The Morgan fingerprint density at radius 1 is 0.949 bits per heavy atom. The standard InChI is InChI=1S/C27H18N8O3S/c1-39(37,38)22-14-8-7-13-21(22)34-25(18(15-28)16-29-34)32-31-24-23(17-9-3-2-4-10-17)33-35-20-12-6-5-11-19(20)27(36)30-26(24)35/h2-14,16H,1H3,(H,30,36)/b32-31+. The number of hydrogen-bond acceptors (Lipinski definition) is 8. The number of hydrogen-bond donors (Lipinski definition) is 1. The summed E-state index contributed by atoms with van der Waals surface area (Å²) < 4.78 is 27.7. The van der Waals surface area contributed by atoms with E-state index in [0.717, 1.165) is 11.8 Å². The number of para-hydroxylation sites is 2. The number of nitrogens with one attached hydrogen (secondary N) is 1. The highest BCUT2D eigenvalue weighted by Gasteiger charge is 2.21. The highest BCUT2D eigenvalue weighted by atomic mass is 32.2. The molecule has 0 fully saturated rings. The van der Waals surface area contributed by atoms with Crippen LogP contribution in [-0.2, 0) is 9.84 Å². The minimum Gasteiger partial charge on any atom is -0.304 e. The van der Waals surface area contributed by atoms with Crippen molar-refractivity contribution in [3.63, 3.8) is 0 Å². The lowest BCUT2D eigenvalue weighted by Crippen LogP contribution is -2.09. The van der Waals surface area contributed by atoms with Crippen LogP contribution in [0.5, 0.6) is 0 Å². The van der Waals surface area contributed by atoms with Gasteiger partial charge in [-0.2, -0.15) is 15.5 Å². The summed E-state index contributed by atoms with van der Waals surface area (Å²) in [5.41, 5.74) is 2.32. The zero-order valence-electron chi connectivity index (χ0n) is 20.3. The van der Waals surface area contributed by atoms with Gasteiger partial charge >= 0.3 is 0 Å². The number of nitrogens with zero attached hydrogens (tertiary/aromatic N) is 7. The van der Waals surface area contributed by atoms with Gasteiger partial charge in [0, 0.05) is 11.8 Å². The van der Waals surface area contributed by atoms with Crippen molar-refractivity contribution in [1.82, 2.24) is 24.4 Å². The van der Waals surface area contributed by atoms with Gasteiger partial charge in [0.25, 0.3) is 5.56 Å². The number of rotatable bonds is 5. The number of sulfone groups is 1. The molecule has 190 valence electrons. The third kappa shape index (κ3) is 4.07. The fourth-order valence-electron chi connectivity index (χ4n) is 4.34. The molecular weight excluding hydrogens is 516 g/mol. The summed E-state index contributed by atoms with van der Waals surface area (Å²) in [5.74, 6) is 0.0232. The van der Waals surface area contributed by atoms with Gasteiger partial charge in [0.05, 0.1) is 27.7 Å². The average molecular weight is 535 g/mol. The van der Waals surface area contributed by atoms with Gasteiger partial charge in [0.2, 0.25) is 0 Å². The molecule has 6 rings (SSSR count). The minimum absolute atomic E-state index is 0.0193. The molecule has 3 heterocycles. The van der Waals surface area contributed by atoms with Gasteiger partial charge in [0.1, 0.15) is 17.3 Å². The minimum atomic E-state index is -3.62. The first-order chi connectivity index (χ1) is 18.9. The summed E-state index contributed by atoms with van der Waals surface area (Å²) >= 11 is 0. The lowest BCUT2D eigenvalue weighted by Gasteiger charge is -2.09. The molecule has 0 unspecified atom stereocenters. The average Bonchev–Trinajstić information content (AvgIpc) is 3.53. The van der Waals surface area contributed by atoms with Crippen LogP contribution >= 0.6 is 0 Å². The molecule has 3 aromatic carbocycles. The zero-order valence-corrected chi connectivity index (χ0v) is 21.2. The Hall–Kier alpha value is -5.41. The monoisotopic (exact) mass is 534 g/mol. The van der Waals surface area contributed by atoms with Gasteiger partial charge in [-0.1, -0.05) is 54.6 Å². The van der Waals surface area contributed by atoms with Gasteiger partial charge < -0.3 is 4.98 Å². The molecule has 6 aromatic rings. The molecule has 0 atom stereocenters. The second kappa shape index (κ2) is 9.16. The number of H-pyrrole nitrogens is 1. The second-order valence-corrected chi connectivity index (χ2v) is 10.6. The summed E-state index contributed by atoms with van der Waals surface area (Å²) in [6, 6.07) is 24.7. The molecule has 0 aliphatic carbocycles. The van der Waals surface area contributed by atoms with Crippen molar-refractivity contribution in [1.29, 1.82) is 5.26 Å². The fourth-order valence-corrected chi connectivity index (χ4v) is 5.20. The number of benzene rings is 3. The molecule has 12 heteroatoms. The Labute approximate surface area is 221 Å². The molecular formula is C27H18N8O3S. The highest BCUT2D eigenvalue weighted by molar-refractivity contribution is 7.90.